The van der Waals surface area contributed by atoms with E-state index in [1.165, 1.54) is 31.2 Å². The number of aliphatic hydroxyl groups is 1. The highest BCUT2D eigenvalue weighted by Gasteiger charge is 2.23. The molecule has 0 saturated heterocycles. The summed E-state index contributed by atoms with van der Waals surface area (Å²) in [5.74, 6) is -1.28. The molecule has 0 bridgehead atoms. The maximum Gasteiger partial charge on any atom is 0.399 e. The number of hydrogen-bond acceptors (Lipinski definition) is 6. The Hall–Kier alpha value is -3.51. The van der Waals surface area contributed by atoms with E-state index in [0.717, 1.165) is 41.2 Å². The van der Waals surface area contributed by atoms with Crippen molar-refractivity contribution in [2.45, 2.75) is 52.7 Å². The quantitative estimate of drug-likeness (QED) is 0.217. The lowest BCUT2D eigenvalue weighted by Crippen LogP contribution is -2.08. The third-order valence-corrected chi connectivity index (χ3v) is 6.53. The van der Waals surface area contributed by atoms with Crippen molar-refractivity contribution in [3.05, 3.63) is 97.2 Å². The van der Waals surface area contributed by atoms with Gasteiger partial charge in [-0.1, -0.05) is 0 Å². The third kappa shape index (κ3) is 6.67. The van der Waals surface area contributed by atoms with Crippen molar-refractivity contribution in [3.8, 4) is 5.69 Å². The molecule has 1 aliphatic rings. The van der Waals surface area contributed by atoms with Gasteiger partial charge in [0, 0.05) is 36.5 Å². The highest BCUT2D eigenvalue weighted by Crippen LogP contribution is 2.31. The van der Waals surface area contributed by atoms with Crippen molar-refractivity contribution in [2.75, 3.05) is 0 Å². The molecule has 0 amide bonds. The van der Waals surface area contributed by atoms with Gasteiger partial charge in [-0.25, -0.2) is 9.07 Å². The smallest absolute Gasteiger partial charge is 0.389 e. The second-order valence-electron chi connectivity index (χ2n) is 9.37. The topological polar surface area (TPSA) is 112 Å². The van der Waals surface area contributed by atoms with Gasteiger partial charge in [-0.15, -0.1) is 0 Å². The number of aryl methyl sites for hydroxylation is 2. The number of aliphatic hydroxyl groups excluding tert-OH is 1. The second kappa shape index (κ2) is 11.5. The van der Waals surface area contributed by atoms with Crippen LogP contribution in [0, 0.1) is 41.5 Å². The minimum Gasteiger partial charge on any atom is -0.389 e. The Balaban J connectivity index is 0.000000257. The van der Waals surface area contributed by atoms with Crippen LogP contribution in [0.2, 0.25) is 0 Å². The molecule has 0 radical (unpaired) electrons. The number of aromatic nitrogens is 5. The molecular formula is C26H27BrF2N6O3. The van der Waals surface area contributed by atoms with Crippen molar-refractivity contribution in [3.63, 3.8) is 0 Å². The zero-order chi connectivity index (χ0) is 27.6. The maximum atomic E-state index is 13.7. The maximum absolute atomic E-state index is 13.7. The zero-order valence-electron chi connectivity index (χ0n) is 21.1. The average Bonchev–Trinajstić information content (AvgIpc) is 3.48. The van der Waals surface area contributed by atoms with Crippen molar-refractivity contribution >= 4 is 21.7 Å². The van der Waals surface area contributed by atoms with Gasteiger partial charge in [0.25, 0.3) is 0 Å². The van der Waals surface area contributed by atoms with Crippen molar-refractivity contribution in [1.29, 1.82) is 0 Å². The van der Waals surface area contributed by atoms with Crippen molar-refractivity contribution < 1.29 is 18.8 Å². The van der Waals surface area contributed by atoms with Crippen LogP contribution in [0.4, 0.5) is 14.6 Å². The summed E-state index contributed by atoms with van der Waals surface area (Å²) < 4.78 is 30.5. The van der Waals surface area contributed by atoms with Crippen LogP contribution in [-0.2, 0) is 13.0 Å². The predicted molar refractivity (Wildman–Crippen MR) is 140 cm³/mol. The molecule has 1 atom stereocenters. The van der Waals surface area contributed by atoms with Gasteiger partial charge >= 0.3 is 5.82 Å². The van der Waals surface area contributed by atoms with Gasteiger partial charge in [0.1, 0.15) is 5.82 Å². The number of halogens is 3. The number of pyridine rings is 1. The monoisotopic (exact) mass is 588 g/mol. The Morgan fingerprint density at radius 2 is 1.95 bits per heavy atom. The summed E-state index contributed by atoms with van der Waals surface area (Å²) in [4.78, 5) is 12.4. The average molecular weight is 589 g/mol. The number of rotatable bonds is 7. The Morgan fingerprint density at radius 1 is 1.21 bits per heavy atom. The molecular weight excluding hydrogens is 562 g/mol. The summed E-state index contributed by atoms with van der Waals surface area (Å²) in [6, 6.07) is 7.48. The van der Waals surface area contributed by atoms with Gasteiger partial charge in [0.05, 0.1) is 27.7 Å². The lowest BCUT2D eigenvalue weighted by atomic mass is 10.1. The van der Waals surface area contributed by atoms with E-state index >= 15 is 0 Å². The first-order chi connectivity index (χ1) is 18.0. The van der Waals surface area contributed by atoms with Gasteiger partial charge < -0.3 is 15.2 Å². The van der Waals surface area contributed by atoms with E-state index < -0.39 is 22.7 Å². The molecule has 1 fully saturated rings. The lowest BCUT2D eigenvalue weighted by molar-refractivity contribution is -0.392. The Kier molecular flexibility index (Phi) is 8.32. The molecule has 38 heavy (non-hydrogen) atoms. The van der Waals surface area contributed by atoms with E-state index in [1.54, 1.807) is 13.0 Å². The van der Waals surface area contributed by atoms with Crippen molar-refractivity contribution in [2.24, 2.45) is 5.92 Å². The third-order valence-electron chi connectivity index (χ3n) is 6.10. The largest absolute Gasteiger partial charge is 0.399 e. The Morgan fingerprint density at radius 3 is 2.58 bits per heavy atom. The minimum atomic E-state index is -0.940. The zero-order valence-corrected chi connectivity index (χ0v) is 22.7. The fourth-order valence-electron chi connectivity index (χ4n) is 4.07. The van der Waals surface area contributed by atoms with Crippen LogP contribution in [-0.4, -0.2) is 34.6 Å². The fraction of sp³-hybridized carbons (Fsp3) is 0.346. The molecule has 1 saturated carbocycles. The first kappa shape index (κ1) is 27.5. The van der Waals surface area contributed by atoms with Crippen LogP contribution in [0.5, 0.6) is 0 Å². The summed E-state index contributed by atoms with van der Waals surface area (Å²) in [7, 11) is 0. The lowest BCUT2D eigenvalue weighted by Gasteiger charge is -2.14. The first-order valence-corrected chi connectivity index (χ1v) is 12.8. The highest BCUT2D eigenvalue weighted by molar-refractivity contribution is 9.10. The molecule has 12 heteroatoms. The molecule has 3 aromatic heterocycles. The number of nitro groups is 1. The van der Waals surface area contributed by atoms with E-state index in [4.69, 9.17) is 0 Å². The van der Waals surface area contributed by atoms with Crippen LogP contribution in [0.1, 0.15) is 54.1 Å². The van der Waals surface area contributed by atoms with Gasteiger partial charge in [-0.3, -0.25) is 4.68 Å². The molecule has 3 heterocycles. The van der Waals surface area contributed by atoms with Gasteiger partial charge in [0.15, 0.2) is 6.20 Å². The highest BCUT2D eigenvalue weighted by atomic mass is 79.9. The molecule has 1 aliphatic carbocycles. The fourth-order valence-corrected chi connectivity index (χ4v) is 4.37. The molecule has 0 spiro atoms. The van der Waals surface area contributed by atoms with Crippen molar-refractivity contribution in [1.82, 2.24) is 24.5 Å². The van der Waals surface area contributed by atoms with Crippen LogP contribution < -0.4 is 0 Å². The van der Waals surface area contributed by atoms with E-state index in [2.05, 4.69) is 42.0 Å². The summed E-state index contributed by atoms with van der Waals surface area (Å²) in [6.45, 7) is 6.60. The van der Waals surface area contributed by atoms with E-state index in [-0.39, 0.29) is 5.82 Å². The number of hydrogen-bond donors (Lipinski definition) is 1. The molecule has 0 aliphatic heterocycles. The molecule has 1 aromatic carbocycles. The van der Waals surface area contributed by atoms with Crippen LogP contribution in [0.15, 0.2) is 47.2 Å². The standard InChI is InChI=1S/C21H25FN4O.C5H2BrFN2O2/c1-13-8-19(9-17-12-25(24-14(17)2)11-16-4-5-16)26(23-13)21-7-6-18(22)10-20(21)15(3)27;6-3-1-4(7)5(8-2-3)9(10)11/h6-8,10,12,15-16,27H,4-5,9,11H2,1-3H3;1-2H. The van der Waals surface area contributed by atoms with E-state index in [0.29, 0.717) is 22.1 Å². The van der Waals surface area contributed by atoms with Gasteiger partial charge in [-0.05, 0) is 95.2 Å². The summed E-state index contributed by atoms with van der Waals surface area (Å²) in [5, 5.41) is 29.4. The molecule has 5 rings (SSSR count). The van der Waals surface area contributed by atoms with Crippen LogP contribution in [0.25, 0.3) is 5.69 Å². The minimum absolute atomic E-state index is 0.364. The molecule has 1 N–H and O–H groups in total. The Bertz CT molecular complexity index is 1470. The molecule has 200 valence electrons. The molecule has 9 nitrogen and oxygen atoms in total. The first-order valence-electron chi connectivity index (χ1n) is 12.0. The Labute approximate surface area is 226 Å². The molecule has 4 aromatic rings. The number of benzene rings is 1. The summed E-state index contributed by atoms with van der Waals surface area (Å²) in [5.41, 5.74) is 5.30. The normalized spacial score (nSPS) is 13.7. The van der Waals surface area contributed by atoms with Gasteiger partial charge in [0.2, 0.25) is 5.82 Å². The SMILES string of the molecule is Cc1cc(Cc2cn(CC3CC3)nc2C)n(-c2ccc(F)cc2C(C)O)n1.O=[N+]([O-])c1ncc(Br)cc1F. The summed E-state index contributed by atoms with van der Waals surface area (Å²) in [6.07, 6.45) is 5.80. The molecule has 1 unspecified atom stereocenters. The van der Waals surface area contributed by atoms with E-state index in [9.17, 15) is 24.0 Å². The number of nitrogens with zero attached hydrogens (tertiary/aromatic N) is 6. The van der Waals surface area contributed by atoms with E-state index in [1.807, 2.05) is 24.6 Å². The van der Waals surface area contributed by atoms with Crippen LogP contribution >= 0.6 is 15.9 Å². The summed E-state index contributed by atoms with van der Waals surface area (Å²) >= 11 is 2.92. The van der Waals surface area contributed by atoms with Crippen LogP contribution in [0.3, 0.4) is 0 Å². The second-order valence-corrected chi connectivity index (χ2v) is 10.3. The predicted octanol–water partition coefficient (Wildman–Crippen LogP) is 5.77. The van der Waals surface area contributed by atoms with Gasteiger partial charge in [-0.2, -0.15) is 14.6 Å².